The molecule has 2 heterocycles. The zero-order valence-electron chi connectivity index (χ0n) is 10.1. The minimum Gasteiger partial charge on any atom is -0.362 e. The Hall–Kier alpha value is -1.70. The van der Waals surface area contributed by atoms with Crippen LogP contribution in [0.25, 0.3) is 6.20 Å². The van der Waals surface area contributed by atoms with Gasteiger partial charge in [-0.25, -0.2) is 0 Å². The average Bonchev–Trinajstić information content (AvgIpc) is 2.83. The zero-order valence-corrected chi connectivity index (χ0v) is 10.1. The number of aromatic amines is 1. The second-order valence-corrected chi connectivity index (χ2v) is 4.27. The maximum Gasteiger partial charge on any atom is 0.0369 e. The summed E-state index contributed by atoms with van der Waals surface area (Å²) in [6.45, 7) is 10.2. The lowest BCUT2D eigenvalue weighted by Gasteiger charge is -2.13. The average molecular weight is 214 g/mol. The Morgan fingerprint density at radius 2 is 2.00 bits per heavy atom. The highest BCUT2D eigenvalue weighted by atomic mass is 15.0. The van der Waals surface area contributed by atoms with Gasteiger partial charge < -0.3 is 9.55 Å². The number of hydrogen-bond acceptors (Lipinski definition) is 0. The third kappa shape index (κ3) is 1.71. The van der Waals surface area contributed by atoms with Gasteiger partial charge in [-0.1, -0.05) is 13.5 Å². The van der Waals surface area contributed by atoms with Crippen molar-refractivity contribution in [2.45, 2.75) is 26.7 Å². The van der Waals surface area contributed by atoms with Gasteiger partial charge in [-0.05, 0) is 38.1 Å². The molecule has 2 aromatic heterocycles. The van der Waals surface area contributed by atoms with Crippen LogP contribution in [0.4, 0.5) is 0 Å². The largest absolute Gasteiger partial charge is 0.362 e. The van der Waals surface area contributed by atoms with Crippen LogP contribution < -0.4 is 0 Å². The summed E-state index contributed by atoms with van der Waals surface area (Å²) in [6.07, 6.45) is 1.87. The Labute approximate surface area is 96.6 Å². The molecule has 2 aromatic rings. The lowest BCUT2D eigenvalue weighted by Crippen LogP contribution is -2.03. The highest BCUT2D eigenvalue weighted by Crippen LogP contribution is 2.25. The van der Waals surface area contributed by atoms with E-state index in [1.807, 2.05) is 6.20 Å². The van der Waals surface area contributed by atoms with Crippen molar-refractivity contribution < 1.29 is 0 Å². The first-order valence-electron chi connectivity index (χ1n) is 5.59. The van der Waals surface area contributed by atoms with Crippen molar-refractivity contribution in [3.8, 4) is 0 Å². The third-order valence-electron chi connectivity index (χ3n) is 3.10. The van der Waals surface area contributed by atoms with E-state index in [1.54, 1.807) is 0 Å². The van der Waals surface area contributed by atoms with Crippen molar-refractivity contribution in [2.75, 3.05) is 0 Å². The van der Waals surface area contributed by atoms with Crippen LogP contribution in [-0.4, -0.2) is 9.55 Å². The van der Waals surface area contributed by atoms with E-state index < -0.39 is 0 Å². The van der Waals surface area contributed by atoms with E-state index in [-0.39, 0.29) is 0 Å². The molecule has 0 fully saturated rings. The van der Waals surface area contributed by atoms with E-state index in [0.29, 0.717) is 5.92 Å². The molecule has 2 nitrogen and oxygen atoms in total. The van der Waals surface area contributed by atoms with Crippen LogP contribution >= 0.6 is 0 Å². The summed E-state index contributed by atoms with van der Waals surface area (Å²) in [5, 5.41) is 0. The van der Waals surface area contributed by atoms with E-state index >= 15 is 0 Å². The summed E-state index contributed by atoms with van der Waals surface area (Å²) in [6, 6.07) is 8.55. The molecule has 84 valence electrons. The number of nitrogens with zero attached hydrogens (tertiary/aromatic N) is 1. The van der Waals surface area contributed by atoms with Crippen LogP contribution in [-0.2, 0) is 0 Å². The lowest BCUT2D eigenvalue weighted by atomic mass is 10.0. The van der Waals surface area contributed by atoms with E-state index in [2.05, 4.69) is 61.2 Å². The Morgan fingerprint density at radius 3 is 2.56 bits per heavy atom. The molecule has 0 saturated carbocycles. The predicted molar refractivity (Wildman–Crippen MR) is 68.6 cm³/mol. The van der Waals surface area contributed by atoms with Gasteiger partial charge in [0.15, 0.2) is 0 Å². The maximum atomic E-state index is 3.86. The topological polar surface area (TPSA) is 20.7 Å². The number of aryl methyl sites for hydroxylation is 2. The smallest absolute Gasteiger partial charge is 0.0369 e. The van der Waals surface area contributed by atoms with Gasteiger partial charge in [0.2, 0.25) is 0 Å². The van der Waals surface area contributed by atoms with E-state index in [4.69, 9.17) is 0 Å². The van der Waals surface area contributed by atoms with E-state index in [9.17, 15) is 0 Å². The van der Waals surface area contributed by atoms with Crippen molar-refractivity contribution in [3.05, 3.63) is 53.6 Å². The molecule has 1 N–H and O–H groups in total. The standard InChI is InChI=1S/C14H18N2/c1-5-16-11(3)7-9-14(16)12(4)13-8-6-10(2)15-13/h5-9,12,15H,1H2,2-4H3. The second-order valence-electron chi connectivity index (χ2n) is 4.27. The molecule has 0 aliphatic rings. The molecular weight excluding hydrogens is 196 g/mol. The summed E-state index contributed by atoms with van der Waals surface area (Å²) in [4.78, 5) is 3.39. The van der Waals surface area contributed by atoms with Gasteiger partial charge in [0, 0.05) is 34.9 Å². The molecule has 0 aromatic carbocycles. The van der Waals surface area contributed by atoms with Crippen LogP contribution in [0.15, 0.2) is 30.8 Å². The van der Waals surface area contributed by atoms with Crippen molar-refractivity contribution in [2.24, 2.45) is 0 Å². The van der Waals surface area contributed by atoms with Gasteiger partial charge >= 0.3 is 0 Å². The van der Waals surface area contributed by atoms with Crippen molar-refractivity contribution in [1.82, 2.24) is 9.55 Å². The SMILES string of the molecule is C=Cn1c(C)ccc1C(C)c1ccc(C)[nH]1. The molecule has 16 heavy (non-hydrogen) atoms. The summed E-state index contributed by atoms with van der Waals surface area (Å²) >= 11 is 0. The molecule has 2 rings (SSSR count). The molecule has 0 aliphatic heterocycles. The lowest BCUT2D eigenvalue weighted by molar-refractivity contribution is 0.809. The molecule has 0 bridgehead atoms. The predicted octanol–water partition coefficient (Wildman–Crippen LogP) is 3.69. The van der Waals surface area contributed by atoms with Gasteiger partial charge in [0.1, 0.15) is 0 Å². The maximum absolute atomic E-state index is 3.86. The molecule has 0 spiro atoms. The molecule has 2 heteroatoms. The Bertz CT molecular complexity index is 503. The van der Waals surface area contributed by atoms with E-state index in [1.165, 1.54) is 22.8 Å². The summed E-state index contributed by atoms with van der Waals surface area (Å²) < 4.78 is 2.14. The molecule has 1 atom stereocenters. The van der Waals surface area contributed by atoms with Crippen LogP contribution in [0.3, 0.4) is 0 Å². The summed E-state index contributed by atoms with van der Waals surface area (Å²) in [7, 11) is 0. The van der Waals surface area contributed by atoms with Gasteiger partial charge in [-0.3, -0.25) is 0 Å². The molecular formula is C14H18N2. The van der Waals surface area contributed by atoms with Crippen molar-refractivity contribution in [1.29, 1.82) is 0 Å². The Kier molecular flexibility index (Phi) is 2.73. The first kappa shape index (κ1) is 10.8. The number of H-pyrrole nitrogens is 1. The van der Waals surface area contributed by atoms with Crippen LogP contribution in [0.1, 0.15) is 35.6 Å². The van der Waals surface area contributed by atoms with Crippen LogP contribution in [0.2, 0.25) is 0 Å². The molecule has 1 unspecified atom stereocenters. The highest BCUT2D eigenvalue weighted by Gasteiger charge is 2.14. The highest BCUT2D eigenvalue weighted by molar-refractivity contribution is 5.35. The molecule has 0 saturated heterocycles. The Balaban J connectivity index is 2.40. The fourth-order valence-electron chi connectivity index (χ4n) is 2.11. The minimum atomic E-state index is 0.361. The zero-order chi connectivity index (χ0) is 11.7. The quantitative estimate of drug-likeness (QED) is 0.804. The van der Waals surface area contributed by atoms with Gasteiger partial charge in [0.05, 0.1) is 0 Å². The third-order valence-corrected chi connectivity index (χ3v) is 3.10. The van der Waals surface area contributed by atoms with Gasteiger partial charge in [0.25, 0.3) is 0 Å². The summed E-state index contributed by atoms with van der Waals surface area (Å²) in [5.74, 6) is 0.361. The van der Waals surface area contributed by atoms with Crippen LogP contribution in [0, 0.1) is 13.8 Å². The second kappa shape index (κ2) is 4.05. The number of rotatable bonds is 3. The molecule has 0 amide bonds. The number of aromatic nitrogens is 2. The van der Waals surface area contributed by atoms with Gasteiger partial charge in [-0.15, -0.1) is 0 Å². The first-order valence-corrected chi connectivity index (χ1v) is 5.59. The normalized spacial score (nSPS) is 12.7. The fourth-order valence-corrected chi connectivity index (χ4v) is 2.11. The van der Waals surface area contributed by atoms with Gasteiger partial charge in [-0.2, -0.15) is 0 Å². The molecule has 0 radical (unpaired) electrons. The van der Waals surface area contributed by atoms with Crippen LogP contribution in [0.5, 0.6) is 0 Å². The minimum absolute atomic E-state index is 0.361. The number of hydrogen-bond donors (Lipinski definition) is 1. The monoisotopic (exact) mass is 214 g/mol. The molecule has 0 aliphatic carbocycles. The first-order chi connectivity index (χ1) is 7.63. The summed E-state index contributed by atoms with van der Waals surface area (Å²) in [5.41, 5.74) is 4.95. The fraction of sp³-hybridized carbons (Fsp3) is 0.286. The van der Waals surface area contributed by atoms with E-state index in [0.717, 1.165) is 0 Å². The Morgan fingerprint density at radius 1 is 1.25 bits per heavy atom. The van der Waals surface area contributed by atoms with Crippen molar-refractivity contribution in [3.63, 3.8) is 0 Å². The van der Waals surface area contributed by atoms with Crippen molar-refractivity contribution >= 4 is 6.20 Å². The number of nitrogens with one attached hydrogen (secondary N) is 1.